The number of nitrogens with zero attached hydrogens (tertiary/aromatic N) is 5. The lowest BCUT2D eigenvalue weighted by molar-refractivity contribution is 1.15. The summed E-state index contributed by atoms with van der Waals surface area (Å²) in [7, 11) is 0. The molecule has 11 aromatic rings. The van der Waals surface area contributed by atoms with Gasteiger partial charge in [0, 0.05) is 43.6 Å². The summed E-state index contributed by atoms with van der Waals surface area (Å²) in [5.41, 5.74) is 12.6. The molecule has 0 aliphatic heterocycles. The molecule has 0 aliphatic rings. The SMILES string of the molecule is N#Cc1ccc2c(c1)c1ccccc1n2-c1ccccc1-c1ccc(C#N)c(-n2c3ccccc3c3ccc(-n4c5ccccc5c5ccccc54)cc32)c1. The zero-order chi connectivity index (χ0) is 36.6. The van der Waals surface area contributed by atoms with Crippen LogP contribution < -0.4 is 0 Å². The third kappa shape index (κ3) is 4.45. The van der Waals surface area contributed by atoms with Crippen molar-refractivity contribution in [2.75, 3.05) is 0 Å². The number of hydrogen-bond acceptors (Lipinski definition) is 2. The van der Waals surface area contributed by atoms with E-state index in [2.05, 4.69) is 171 Å². The Balaban J connectivity index is 1.17. The molecule has 0 bridgehead atoms. The molecule has 55 heavy (non-hydrogen) atoms. The zero-order valence-corrected chi connectivity index (χ0v) is 29.5. The van der Waals surface area contributed by atoms with Crippen molar-refractivity contribution in [1.29, 1.82) is 10.5 Å². The maximum Gasteiger partial charge on any atom is 0.101 e. The first-order valence-corrected chi connectivity index (χ1v) is 18.3. The molecule has 0 saturated heterocycles. The topological polar surface area (TPSA) is 62.4 Å². The van der Waals surface area contributed by atoms with Crippen LogP contribution >= 0.6 is 0 Å². The summed E-state index contributed by atoms with van der Waals surface area (Å²) in [6.07, 6.45) is 0. The van der Waals surface area contributed by atoms with Crippen LogP contribution in [0.15, 0.2) is 176 Å². The third-order valence-electron chi connectivity index (χ3n) is 11.1. The molecule has 3 heterocycles. The monoisotopic (exact) mass is 699 g/mol. The van der Waals surface area contributed by atoms with Crippen LogP contribution in [0, 0.1) is 22.7 Å². The van der Waals surface area contributed by atoms with Gasteiger partial charge in [0.1, 0.15) is 6.07 Å². The van der Waals surface area contributed by atoms with Gasteiger partial charge in [-0.15, -0.1) is 0 Å². The normalized spacial score (nSPS) is 11.6. The van der Waals surface area contributed by atoms with Gasteiger partial charge >= 0.3 is 0 Å². The van der Waals surface area contributed by atoms with Crippen LogP contribution in [0.4, 0.5) is 0 Å². The fraction of sp³-hybridized carbons (Fsp3) is 0. The van der Waals surface area contributed by atoms with Gasteiger partial charge in [-0.2, -0.15) is 10.5 Å². The molecule has 8 aromatic carbocycles. The summed E-state index contributed by atoms with van der Waals surface area (Å²) < 4.78 is 6.89. The first-order chi connectivity index (χ1) is 27.2. The number of hydrogen-bond donors (Lipinski definition) is 0. The summed E-state index contributed by atoms with van der Waals surface area (Å²) in [5, 5.41) is 27.2. The minimum Gasteiger partial charge on any atom is -0.309 e. The molecule has 0 amide bonds. The first-order valence-electron chi connectivity index (χ1n) is 18.3. The molecular formula is C50H29N5. The highest BCUT2D eigenvalue weighted by atomic mass is 15.0. The summed E-state index contributed by atoms with van der Waals surface area (Å²) in [4.78, 5) is 0. The van der Waals surface area contributed by atoms with Crippen molar-refractivity contribution in [2.24, 2.45) is 0 Å². The molecule has 11 rings (SSSR count). The molecule has 0 atom stereocenters. The van der Waals surface area contributed by atoms with Crippen LogP contribution in [0.1, 0.15) is 11.1 Å². The smallest absolute Gasteiger partial charge is 0.101 e. The molecule has 0 unspecified atom stereocenters. The van der Waals surface area contributed by atoms with Crippen LogP contribution in [-0.2, 0) is 0 Å². The van der Waals surface area contributed by atoms with Gasteiger partial charge in [-0.25, -0.2) is 0 Å². The van der Waals surface area contributed by atoms with E-state index < -0.39 is 0 Å². The highest BCUT2D eigenvalue weighted by Crippen LogP contribution is 2.40. The van der Waals surface area contributed by atoms with Crippen LogP contribution in [0.3, 0.4) is 0 Å². The van der Waals surface area contributed by atoms with E-state index in [1.807, 2.05) is 30.3 Å². The summed E-state index contributed by atoms with van der Waals surface area (Å²) in [6.45, 7) is 0. The lowest BCUT2D eigenvalue weighted by atomic mass is 10.00. The van der Waals surface area contributed by atoms with Gasteiger partial charge in [-0.05, 0) is 78.4 Å². The Kier molecular flexibility index (Phi) is 6.61. The van der Waals surface area contributed by atoms with Crippen molar-refractivity contribution < 1.29 is 0 Å². The molecule has 0 aliphatic carbocycles. The third-order valence-corrected chi connectivity index (χ3v) is 11.1. The highest BCUT2D eigenvalue weighted by molar-refractivity contribution is 6.13. The number of fused-ring (bicyclic) bond motifs is 9. The second-order valence-corrected chi connectivity index (χ2v) is 14.0. The molecule has 0 spiro atoms. The average Bonchev–Trinajstić information content (AvgIpc) is 3.88. The number of rotatable bonds is 4. The van der Waals surface area contributed by atoms with Crippen molar-refractivity contribution in [3.8, 4) is 40.3 Å². The molecule has 0 radical (unpaired) electrons. The number of para-hydroxylation sites is 5. The van der Waals surface area contributed by atoms with Gasteiger partial charge in [0.05, 0.1) is 61.7 Å². The fourth-order valence-electron chi connectivity index (χ4n) is 8.75. The Morgan fingerprint density at radius 2 is 0.873 bits per heavy atom. The van der Waals surface area contributed by atoms with E-state index in [0.29, 0.717) is 11.1 Å². The van der Waals surface area contributed by atoms with Crippen LogP contribution in [0.25, 0.3) is 93.6 Å². The molecule has 0 N–H and O–H groups in total. The predicted molar refractivity (Wildman–Crippen MR) is 224 cm³/mol. The van der Waals surface area contributed by atoms with E-state index in [9.17, 15) is 10.5 Å². The number of nitriles is 2. The maximum atomic E-state index is 10.7. The fourth-order valence-corrected chi connectivity index (χ4v) is 8.75. The lowest BCUT2D eigenvalue weighted by Gasteiger charge is -2.17. The quantitative estimate of drug-likeness (QED) is 0.184. The Bertz CT molecular complexity index is 3420. The average molecular weight is 700 g/mol. The lowest BCUT2D eigenvalue weighted by Crippen LogP contribution is -2.01. The van der Waals surface area contributed by atoms with E-state index in [0.717, 1.165) is 82.8 Å². The van der Waals surface area contributed by atoms with Crippen molar-refractivity contribution in [3.05, 3.63) is 187 Å². The van der Waals surface area contributed by atoms with Crippen molar-refractivity contribution in [3.63, 3.8) is 0 Å². The molecule has 254 valence electrons. The van der Waals surface area contributed by atoms with E-state index >= 15 is 0 Å². The van der Waals surface area contributed by atoms with Gasteiger partial charge in [-0.3, -0.25) is 0 Å². The minimum absolute atomic E-state index is 0.590. The summed E-state index contributed by atoms with van der Waals surface area (Å²) in [5.74, 6) is 0. The van der Waals surface area contributed by atoms with Crippen LogP contribution in [-0.4, -0.2) is 13.7 Å². The van der Waals surface area contributed by atoms with Crippen LogP contribution in [0.2, 0.25) is 0 Å². The maximum absolute atomic E-state index is 10.7. The van der Waals surface area contributed by atoms with Gasteiger partial charge in [0.2, 0.25) is 0 Å². The minimum atomic E-state index is 0.590. The summed E-state index contributed by atoms with van der Waals surface area (Å²) >= 11 is 0. The zero-order valence-electron chi connectivity index (χ0n) is 29.5. The van der Waals surface area contributed by atoms with Gasteiger partial charge in [0.15, 0.2) is 0 Å². The van der Waals surface area contributed by atoms with E-state index in [-0.39, 0.29) is 0 Å². The molecule has 5 nitrogen and oxygen atoms in total. The number of benzene rings is 8. The van der Waals surface area contributed by atoms with Gasteiger partial charge in [0.25, 0.3) is 0 Å². The second kappa shape index (κ2) is 11.8. The van der Waals surface area contributed by atoms with E-state index in [4.69, 9.17) is 0 Å². The molecule has 0 saturated carbocycles. The molecule has 3 aromatic heterocycles. The van der Waals surface area contributed by atoms with Gasteiger partial charge in [-0.1, -0.05) is 103 Å². The second-order valence-electron chi connectivity index (χ2n) is 14.0. The molecule has 5 heteroatoms. The highest BCUT2D eigenvalue weighted by Gasteiger charge is 2.20. The predicted octanol–water partition coefficient (Wildman–Crippen LogP) is 12.4. The number of aromatic nitrogens is 3. The largest absolute Gasteiger partial charge is 0.309 e. The molecule has 0 fully saturated rings. The van der Waals surface area contributed by atoms with Crippen LogP contribution in [0.5, 0.6) is 0 Å². The van der Waals surface area contributed by atoms with Gasteiger partial charge < -0.3 is 13.7 Å². The Morgan fingerprint density at radius 3 is 1.51 bits per heavy atom. The van der Waals surface area contributed by atoms with Crippen molar-refractivity contribution >= 4 is 65.4 Å². The molecular weight excluding hydrogens is 671 g/mol. The van der Waals surface area contributed by atoms with E-state index in [1.54, 1.807) is 0 Å². The Labute approximate surface area is 316 Å². The summed E-state index contributed by atoms with van der Waals surface area (Å²) in [6, 6.07) is 66.0. The standard InChI is InChI=1S/C50H29N5/c51-30-32-21-26-48-42(27-32)40-15-5-10-20-47(40)54(48)43-16-6-1-11-36(43)33-22-23-34(31-52)49(28-33)55-46-19-9-4-14-39(46)41-25-24-35(29-50(41)55)53-44-17-7-2-12-37(44)38-13-3-8-18-45(38)53/h1-29H. The van der Waals surface area contributed by atoms with E-state index in [1.165, 1.54) is 10.8 Å². The first kappa shape index (κ1) is 30.7. The van der Waals surface area contributed by atoms with Crippen molar-refractivity contribution in [1.82, 2.24) is 13.7 Å². The van der Waals surface area contributed by atoms with Crippen molar-refractivity contribution in [2.45, 2.75) is 0 Å². The Morgan fingerprint density at radius 1 is 0.345 bits per heavy atom. The Hall–Kier alpha value is -7.86.